The maximum absolute atomic E-state index is 12.9. The number of aliphatic carboxylic acids is 1. The lowest BCUT2D eigenvalue weighted by Gasteiger charge is -2.15. The topological polar surface area (TPSA) is 129 Å². The number of hydrogen-bond acceptors (Lipinski definition) is 4. The van der Waals surface area contributed by atoms with Crippen LogP contribution in [0.3, 0.4) is 0 Å². The number of rotatable bonds is 5. The van der Waals surface area contributed by atoms with Gasteiger partial charge in [0, 0.05) is 39.9 Å². The molecule has 29 heavy (non-hydrogen) atoms. The minimum absolute atomic E-state index is 0.0101. The van der Waals surface area contributed by atoms with E-state index in [2.05, 4.69) is 9.97 Å². The molecule has 7 heteroatoms. The van der Waals surface area contributed by atoms with Crippen molar-refractivity contribution in [3.05, 3.63) is 92.0 Å². The lowest BCUT2D eigenvalue weighted by Crippen LogP contribution is -2.33. The molecule has 0 aliphatic rings. The third kappa shape index (κ3) is 3.55. The van der Waals surface area contributed by atoms with E-state index in [0.29, 0.717) is 27.7 Å². The van der Waals surface area contributed by atoms with Crippen LogP contribution in [0.1, 0.15) is 16.7 Å². The number of nitrogens with one attached hydrogen (secondary N) is 2. The Bertz CT molecular complexity index is 1350. The molecule has 0 spiro atoms. The summed E-state index contributed by atoms with van der Waals surface area (Å²) in [4.78, 5) is 42.0. The van der Waals surface area contributed by atoms with Crippen molar-refractivity contribution < 1.29 is 9.90 Å². The Morgan fingerprint density at radius 3 is 2.24 bits per heavy atom. The highest BCUT2D eigenvalue weighted by atomic mass is 16.4. The fourth-order valence-electron chi connectivity index (χ4n) is 3.69. The molecular formula is C22H19N3O4. The van der Waals surface area contributed by atoms with Gasteiger partial charge in [-0.25, -0.2) is 0 Å². The number of aromatic nitrogens is 2. The van der Waals surface area contributed by atoms with Gasteiger partial charge in [-0.2, -0.15) is 0 Å². The van der Waals surface area contributed by atoms with Crippen molar-refractivity contribution in [2.45, 2.75) is 18.9 Å². The summed E-state index contributed by atoms with van der Waals surface area (Å²) in [6.45, 7) is 0. The molecule has 4 rings (SSSR count). The molecule has 7 nitrogen and oxygen atoms in total. The molecular weight excluding hydrogens is 370 g/mol. The number of pyridine rings is 2. The predicted molar refractivity (Wildman–Crippen MR) is 111 cm³/mol. The Kier molecular flexibility index (Phi) is 4.74. The molecule has 0 bridgehead atoms. The normalized spacial score (nSPS) is 12.3. The summed E-state index contributed by atoms with van der Waals surface area (Å²) < 4.78 is 0. The Morgan fingerprint density at radius 2 is 1.55 bits per heavy atom. The van der Waals surface area contributed by atoms with Gasteiger partial charge in [-0.15, -0.1) is 0 Å². The van der Waals surface area contributed by atoms with E-state index in [0.717, 1.165) is 10.8 Å². The van der Waals surface area contributed by atoms with Crippen molar-refractivity contribution in [3.8, 4) is 0 Å². The number of nitrogens with two attached hydrogens (primary N) is 1. The summed E-state index contributed by atoms with van der Waals surface area (Å²) in [7, 11) is 0. The van der Waals surface area contributed by atoms with Gasteiger partial charge in [-0.1, -0.05) is 36.4 Å². The van der Waals surface area contributed by atoms with Gasteiger partial charge in [0.25, 0.3) is 5.56 Å². The Balaban J connectivity index is 1.94. The van der Waals surface area contributed by atoms with Gasteiger partial charge < -0.3 is 20.8 Å². The summed E-state index contributed by atoms with van der Waals surface area (Å²) in [6, 6.07) is 14.9. The average molecular weight is 389 g/mol. The predicted octanol–water partition coefficient (Wildman–Crippen LogP) is 1.91. The van der Waals surface area contributed by atoms with E-state index in [1.165, 1.54) is 6.07 Å². The van der Waals surface area contributed by atoms with Gasteiger partial charge in [-0.3, -0.25) is 14.4 Å². The lowest BCUT2D eigenvalue weighted by molar-refractivity contribution is -0.138. The molecule has 0 saturated carbocycles. The number of carboxylic acids is 1. The van der Waals surface area contributed by atoms with E-state index in [1.807, 2.05) is 30.3 Å². The van der Waals surface area contributed by atoms with Crippen molar-refractivity contribution >= 4 is 27.8 Å². The highest BCUT2D eigenvalue weighted by Crippen LogP contribution is 2.24. The van der Waals surface area contributed by atoms with E-state index < -0.39 is 12.0 Å². The monoisotopic (exact) mass is 389 g/mol. The highest BCUT2D eigenvalue weighted by molar-refractivity contribution is 5.86. The quantitative estimate of drug-likeness (QED) is 0.414. The van der Waals surface area contributed by atoms with Crippen LogP contribution in [0.5, 0.6) is 0 Å². The Morgan fingerprint density at radius 1 is 0.931 bits per heavy atom. The molecule has 2 heterocycles. The van der Waals surface area contributed by atoms with Crippen LogP contribution < -0.4 is 16.9 Å². The minimum atomic E-state index is -1.14. The van der Waals surface area contributed by atoms with E-state index in [1.54, 1.807) is 18.2 Å². The zero-order valence-electron chi connectivity index (χ0n) is 15.4. The van der Waals surface area contributed by atoms with Gasteiger partial charge in [0.1, 0.15) is 6.04 Å². The van der Waals surface area contributed by atoms with Gasteiger partial charge in [0.2, 0.25) is 5.56 Å². The first-order valence-corrected chi connectivity index (χ1v) is 9.16. The molecule has 0 fully saturated rings. The fourth-order valence-corrected chi connectivity index (χ4v) is 3.69. The van der Waals surface area contributed by atoms with E-state index in [4.69, 9.17) is 5.73 Å². The molecule has 2 aromatic carbocycles. The molecule has 4 aromatic rings. The zero-order chi connectivity index (χ0) is 20.5. The first kappa shape index (κ1) is 18.6. The molecule has 0 radical (unpaired) electrons. The summed E-state index contributed by atoms with van der Waals surface area (Å²) >= 11 is 0. The highest BCUT2D eigenvalue weighted by Gasteiger charge is 2.20. The van der Waals surface area contributed by atoms with Crippen LogP contribution in [0.15, 0.2) is 64.2 Å². The standard InChI is InChI=1S/C22H19N3O4/c23-17(22(28)29)11-15-14-6-2-4-8-19(14)25-21(27)16(15)9-12-10-20(26)24-18-7-3-1-5-13(12)18/h1-8,10,17H,9,11,23H2,(H,24,26)(H,25,27)(H,28,29). The second kappa shape index (κ2) is 7.37. The summed E-state index contributed by atoms with van der Waals surface area (Å²) in [5.74, 6) is -1.14. The summed E-state index contributed by atoms with van der Waals surface area (Å²) in [5, 5.41) is 10.9. The average Bonchev–Trinajstić information content (AvgIpc) is 2.70. The maximum Gasteiger partial charge on any atom is 0.320 e. The molecule has 1 unspecified atom stereocenters. The SMILES string of the molecule is NC(Cc1c(Cc2cc(=O)[nH]c3ccccc23)c(=O)[nH]c2ccccc12)C(=O)O. The molecule has 1 atom stereocenters. The van der Waals surface area contributed by atoms with Crippen LogP contribution >= 0.6 is 0 Å². The third-order valence-electron chi connectivity index (χ3n) is 5.08. The van der Waals surface area contributed by atoms with Crippen LogP contribution in [0, 0.1) is 0 Å². The smallest absolute Gasteiger partial charge is 0.320 e. The Labute approximate surface area is 164 Å². The lowest BCUT2D eigenvalue weighted by atomic mass is 9.92. The first-order valence-electron chi connectivity index (χ1n) is 9.16. The first-order chi connectivity index (χ1) is 13.9. The van der Waals surface area contributed by atoms with E-state index in [-0.39, 0.29) is 24.0 Å². The molecule has 5 N–H and O–H groups in total. The number of para-hydroxylation sites is 2. The van der Waals surface area contributed by atoms with Gasteiger partial charge in [-0.05, 0) is 29.7 Å². The number of benzene rings is 2. The summed E-state index contributed by atoms with van der Waals surface area (Å²) in [6.07, 6.45) is 0.197. The fraction of sp³-hybridized carbons (Fsp3) is 0.136. The number of carboxylic acid groups (broad SMARTS) is 1. The molecule has 0 aliphatic heterocycles. The number of H-pyrrole nitrogens is 2. The molecule has 0 amide bonds. The van der Waals surface area contributed by atoms with Crippen molar-refractivity contribution in [3.63, 3.8) is 0 Å². The van der Waals surface area contributed by atoms with Crippen LogP contribution in [-0.2, 0) is 17.6 Å². The van der Waals surface area contributed by atoms with E-state index in [9.17, 15) is 19.5 Å². The van der Waals surface area contributed by atoms with Crippen LogP contribution in [0.25, 0.3) is 21.8 Å². The van der Waals surface area contributed by atoms with Crippen molar-refractivity contribution in [2.24, 2.45) is 5.73 Å². The van der Waals surface area contributed by atoms with Crippen molar-refractivity contribution in [2.75, 3.05) is 0 Å². The largest absolute Gasteiger partial charge is 0.480 e. The second-order valence-corrected chi connectivity index (χ2v) is 6.99. The van der Waals surface area contributed by atoms with Crippen molar-refractivity contribution in [1.29, 1.82) is 0 Å². The Hall–Kier alpha value is -3.71. The number of fused-ring (bicyclic) bond motifs is 2. The van der Waals surface area contributed by atoms with Crippen molar-refractivity contribution in [1.82, 2.24) is 9.97 Å². The minimum Gasteiger partial charge on any atom is -0.480 e. The number of carbonyl (C=O) groups is 1. The van der Waals surface area contributed by atoms with E-state index >= 15 is 0 Å². The van der Waals surface area contributed by atoms with Gasteiger partial charge in [0.15, 0.2) is 0 Å². The third-order valence-corrected chi connectivity index (χ3v) is 5.08. The molecule has 0 saturated heterocycles. The molecule has 2 aromatic heterocycles. The molecule has 0 aliphatic carbocycles. The van der Waals surface area contributed by atoms with Gasteiger partial charge >= 0.3 is 5.97 Å². The van der Waals surface area contributed by atoms with Gasteiger partial charge in [0.05, 0.1) is 0 Å². The zero-order valence-corrected chi connectivity index (χ0v) is 15.4. The van der Waals surface area contributed by atoms with Crippen LogP contribution in [0.4, 0.5) is 0 Å². The number of aromatic amines is 2. The van der Waals surface area contributed by atoms with Crippen LogP contribution in [-0.4, -0.2) is 27.1 Å². The second-order valence-electron chi connectivity index (χ2n) is 6.99. The number of hydrogen-bond donors (Lipinski definition) is 4. The van der Waals surface area contributed by atoms with Crippen LogP contribution in [0.2, 0.25) is 0 Å². The molecule has 146 valence electrons. The summed E-state index contributed by atoms with van der Waals surface area (Å²) in [5.41, 5.74) is 8.20. The maximum atomic E-state index is 12.9.